The molecule has 1 fully saturated rings. The van der Waals surface area contributed by atoms with Gasteiger partial charge < -0.3 is 5.73 Å². The zero-order valence-electron chi connectivity index (χ0n) is 7.46. The number of halogens is 1. The predicted molar refractivity (Wildman–Crippen MR) is 54.9 cm³/mol. The van der Waals surface area contributed by atoms with Crippen molar-refractivity contribution in [3.8, 4) is 0 Å². The largest absolute Gasteiger partial charge is 0.399 e. The first-order valence-electron chi connectivity index (χ1n) is 4.68. The van der Waals surface area contributed by atoms with Crippen molar-refractivity contribution in [2.45, 2.75) is 31.6 Å². The summed E-state index contributed by atoms with van der Waals surface area (Å²) in [6, 6.07) is 3.64. The Bertz CT molecular complexity index is 286. The highest BCUT2D eigenvalue weighted by Gasteiger charge is 2.18. The number of hydrogen-bond acceptors (Lipinski definition) is 2. The van der Waals surface area contributed by atoms with Gasteiger partial charge in [0.05, 0.1) is 0 Å². The summed E-state index contributed by atoms with van der Waals surface area (Å²) in [7, 11) is 0. The highest BCUT2D eigenvalue weighted by Crippen LogP contribution is 2.34. The second-order valence-corrected chi connectivity index (χ2v) is 4.02. The summed E-state index contributed by atoms with van der Waals surface area (Å²) < 4.78 is 0. The van der Waals surface area contributed by atoms with Gasteiger partial charge in [-0.25, -0.2) is 4.98 Å². The van der Waals surface area contributed by atoms with Crippen molar-refractivity contribution >= 4 is 17.3 Å². The van der Waals surface area contributed by atoms with Crippen LogP contribution >= 0.6 is 11.6 Å². The summed E-state index contributed by atoms with van der Waals surface area (Å²) in [4.78, 5) is 4.30. The maximum Gasteiger partial charge on any atom is 0.131 e. The van der Waals surface area contributed by atoms with Crippen LogP contribution in [0.25, 0.3) is 0 Å². The van der Waals surface area contributed by atoms with Crippen molar-refractivity contribution < 1.29 is 0 Å². The fourth-order valence-electron chi connectivity index (χ4n) is 1.97. The summed E-state index contributed by atoms with van der Waals surface area (Å²) in [6.07, 6.45) is 5.07. The quantitative estimate of drug-likeness (QED) is 0.702. The first kappa shape index (κ1) is 8.82. The van der Waals surface area contributed by atoms with Gasteiger partial charge in [-0.1, -0.05) is 24.4 Å². The Morgan fingerprint density at radius 1 is 1.31 bits per heavy atom. The van der Waals surface area contributed by atoms with Crippen molar-refractivity contribution in [3.63, 3.8) is 0 Å². The van der Waals surface area contributed by atoms with Crippen LogP contribution in [0.1, 0.15) is 37.3 Å². The molecule has 0 aromatic carbocycles. The lowest BCUT2D eigenvalue weighted by atomic mass is 10.0. The lowest BCUT2D eigenvalue weighted by Gasteiger charge is -2.09. The van der Waals surface area contributed by atoms with Crippen LogP contribution in [-0.2, 0) is 0 Å². The van der Waals surface area contributed by atoms with Crippen LogP contribution in [0.4, 0.5) is 5.69 Å². The van der Waals surface area contributed by atoms with Gasteiger partial charge >= 0.3 is 0 Å². The molecule has 2 N–H and O–H groups in total. The molecule has 1 saturated carbocycles. The van der Waals surface area contributed by atoms with Gasteiger partial charge in [0.1, 0.15) is 5.15 Å². The van der Waals surface area contributed by atoms with E-state index < -0.39 is 0 Å². The van der Waals surface area contributed by atoms with Gasteiger partial charge in [0.2, 0.25) is 0 Å². The molecule has 0 spiro atoms. The zero-order chi connectivity index (χ0) is 9.26. The van der Waals surface area contributed by atoms with Gasteiger partial charge in [-0.05, 0) is 25.0 Å². The average Bonchev–Trinajstić information content (AvgIpc) is 2.53. The Hall–Kier alpha value is -0.760. The van der Waals surface area contributed by atoms with E-state index in [1.807, 2.05) is 6.07 Å². The minimum absolute atomic E-state index is 0.516. The second-order valence-electron chi connectivity index (χ2n) is 3.63. The second kappa shape index (κ2) is 3.54. The van der Waals surface area contributed by atoms with Gasteiger partial charge in [-0.3, -0.25) is 0 Å². The molecule has 1 aliphatic rings. The highest BCUT2D eigenvalue weighted by molar-refractivity contribution is 6.29. The van der Waals surface area contributed by atoms with Crippen LogP contribution in [-0.4, -0.2) is 4.98 Å². The van der Waals surface area contributed by atoms with E-state index in [4.69, 9.17) is 17.3 Å². The number of aromatic nitrogens is 1. The molecule has 3 heteroatoms. The molecule has 0 atom stereocenters. The van der Waals surface area contributed by atoms with E-state index in [-0.39, 0.29) is 0 Å². The summed E-state index contributed by atoms with van der Waals surface area (Å²) in [5.74, 6) is 0.584. The minimum Gasteiger partial charge on any atom is -0.399 e. The third-order valence-electron chi connectivity index (χ3n) is 2.61. The maximum absolute atomic E-state index is 5.84. The maximum atomic E-state index is 5.84. The Balaban J connectivity index is 2.28. The first-order valence-corrected chi connectivity index (χ1v) is 5.06. The lowest BCUT2D eigenvalue weighted by molar-refractivity contribution is 0.698. The molecule has 0 amide bonds. The third-order valence-corrected chi connectivity index (χ3v) is 2.80. The topological polar surface area (TPSA) is 38.9 Å². The Kier molecular flexibility index (Phi) is 2.40. The van der Waals surface area contributed by atoms with Crippen molar-refractivity contribution in [1.29, 1.82) is 0 Å². The summed E-state index contributed by atoms with van der Waals surface area (Å²) in [5, 5.41) is 0.516. The number of rotatable bonds is 1. The van der Waals surface area contributed by atoms with Crippen molar-refractivity contribution in [3.05, 3.63) is 23.0 Å². The highest BCUT2D eigenvalue weighted by atomic mass is 35.5. The van der Waals surface area contributed by atoms with Crippen LogP contribution in [0.3, 0.4) is 0 Å². The molecule has 2 rings (SSSR count). The molecule has 0 bridgehead atoms. The smallest absolute Gasteiger partial charge is 0.131 e. The molecule has 1 heterocycles. The fourth-order valence-corrected chi connectivity index (χ4v) is 2.19. The van der Waals surface area contributed by atoms with Crippen LogP contribution in [0, 0.1) is 0 Å². The van der Waals surface area contributed by atoms with Crippen molar-refractivity contribution in [1.82, 2.24) is 4.98 Å². The molecule has 1 aliphatic carbocycles. The zero-order valence-corrected chi connectivity index (χ0v) is 8.22. The Labute approximate surface area is 83.1 Å². The van der Waals surface area contributed by atoms with Crippen molar-refractivity contribution in [2.75, 3.05) is 5.73 Å². The van der Waals surface area contributed by atoms with Gasteiger partial charge in [0, 0.05) is 17.3 Å². The van der Waals surface area contributed by atoms with Gasteiger partial charge in [-0.15, -0.1) is 0 Å². The van der Waals surface area contributed by atoms with E-state index in [0.29, 0.717) is 11.1 Å². The predicted octanol–water partition coefficient (Wildman–Crippen LogP) is 2.97. The van der Waals surface area contributed by atoms with E-state index in [0.717, 1.165) is 11.4 Å². The minimum atomic E-state index is 0.516. The third kappa shape index (κ3) is 1.94. The molecule has 0 unspecified atom stereocenters. The number of nitrogens with zero attached hydrogens (tertiary/aromatic N) is 1. The van der Waals surface area contributed by atoms with Crippen LogP contribution in [0.5, 0.6) is 0 Å². The molecule has 0 aliphatic heterocycles. The summed E-state index contributed by atoms with van der Waals surface area (Å²) in [5.41, 5.74) is 7.50. The first-order chi connectivity index (χ1) is 6.25. The molecule has 0 saturated heterocycles. The van der Waals surface area contributed by atoms with Crippen molar-refractivity contribution in [2.24, 2.45) is 0 Å². The lowest BCUT2D eigenvalue weighted by Crippen LogP contribution is -1.98. The average molecular weight is 197 g/mol. The van der Waals surface area contributed by atoms with Gasteiger partial charge in [-0.2, -0.15) is 0 Å². The molecule has 13 heavy (non-hydrogen) atoms. The molecule has 1 aromatic heterocycles. The molecule has 1 aromatic rings. The molecule has 70 valence electrons. The Morgan fingerprint density at radius 3 is 2.62 bits per heavy atom. The van der Waals surface area contributed by atoms with Crippen LogP contribution < -0.4 is 5.73 Å². The normalized spacial score (nSPS) is 17.9. The monoisotopic (exact) mass is 196 g/mol. The van der Waals surface area contributed by atoms with Crippen LogP contribution in [0.15, 0.2) is 12.1 Å². The molecule has 2 nitrogen and oxygen atoms in total. The summed E-state index contributed by atoms with van der Waals surface area (Å²) >= 11 is 5.84. The van der Waals surface area contributed by atoms with Gasteiger partial charge in [0.25, 0.3) is 0 Å². The van der Waals surface area contributed by atoms with E-state index in [1.165, 1.54) is 25.7 Å². The van der Waals surface area contributed by atoms with Gasteiger partial charge in [0.15, 0.2) is 0 Å². The standard InChI is InChI=1S/C10H13ClN2/c11-10-6-8(12)5-9(13-10)7-3-1-2-4-7/h5-7H,1-4H2,(H2,12,13). The number of anilines is 1. The molecular weight excluding hydrogens is 184 g/mol. The van der Waals surface area contributed by atoms with E-state index in [9.17, 15) is 0 Å². The number of pyridine rings is 1. The fraction of sp³-hybridized carbons (Fsp3) is 0.500. The van der Waals surface area contributed by atoms with E-state index >= 15 is 0 Å². The molecular formula is C10H13ClN2. The SMILES string of the molecule is Nc1cc(Cl)nc(C2CCCC2)c1. The Morgan fingerprint density at radius 2 is 2.00 bits per heavy atom. The molecule has 0 radical (unpaired) electrons. The number of nitrogen functional groups attached to an aromatic ring is 1. The number of nitrogens with two attached hydrogens (primary N) is 1. The van der Waals surface area contributed by atoms with E-state index in [2.05, 4.69) is 4.98 Å². The summed E-state index contributed by atoms with van der Waals surface area (Å²) in [6.45, 7) is 0. The number of hydrogen-bond donors (Lipinski definition) is 1. The van der Waals surface area contributed by atoms with Crippen LogP contribution in [0.2, 0.25) is 5.15 Å². The van der Waals surface area contributed by atoms with E-state index in [1.54, 1.807) is 6.07 Å².